The summed E-state index contributed by atoms with van der Waals surface area (Å²) in [6.07, 6.45) is 1.80. The molecule has 0 aliphatic rings. The molecule has 2 aromatic rings. The summed E-state index contributed by atoms with van der Waals surface area (Å²) in [5.74, 6) is 0. The first kappa shape index (κ1) is 9.71. The molecule has 0 spiro atoms. The lowest BCUT2D eigenvalue weighted by Crippen LogP contribution is -2.19. The summed E-state index contributed by atoms with van der Waals surface area (Å²) in [5.41, 5.74) is 3.26. The maximum absolute atomic E-state index is 4.28. The summed E-state index contributed by atoms with van der Waals surface area (Å²) >= 11 is 0. The lowest BCUT2D eigenvalue weighted by Gasteiger charge is -2.08. The number of pyridine rings is 1. The molecular formula is C13H14N2. The highest BCUT2D eigenvalue weighted by Gasteiger charge is 2.00. The van der Waals surface area contributed by atoms with Crippen LogP contribution in [0.1, 0.15) is 5.56 Å². The van der Waals surface area contributed by atoms with Crippen molar-refractivity contribution in [3.8, 4) is 0 Å². The number of nitrogens with zero attached hydrogens (tertiary/aromatic N) is 2. The number of hydrogen-bond acceptors (Lipinski definition) is 1. The fraction of sp³-hybridized carbons (Fsp3) is 0.154. The van der Waals surface area contributed by atoms with Crippen LogP contribution in [0.15, 0.2) is 41.9 Å². The first-order valence-corrected chi connectivity index (χ1v) is 4.94. The highest BCUT2D eigenvalue weighted by atomic mass is 15.0. The smallest absolute Gasteiger partial charge is 0.134 e. The lowest BCUT2D eigenvalue weighted by molar-refractivity contribution is 1.01. The van der Waals surface area contributed by atoms with Gasteiger partial charge in [0.2, 0.25) is 0 Å². The third kappa shape index (κ3) is 1.48. The Morgan fingerprint density at radius 2 is 2.07 bits per heavy atom. The average Bonchev–Trinajstić information content (AvgIpc) is 2.27. The summed E-state index contributed by atoms with van der Waals surface area (Å²) in [7, 11) is 1.80. The first-order chi connectivity index (χ1) is 7.27. The second-order valence-electron chi connectivity index (χ2n) is 3.49. The zero-order valence-corrected chi connectivity index (χ0v) is 9.07. The Morgan fingerprint density at radius 1 is 1.33 bits per heavy atom. The molecule has 2 rings (SSSR count). The van der Waals surface area contributed by atoms with Gasteiger partial charge in [0.1, 0.15) is 5.49 Å². The minimum atomic E-state index is 0.962. The predicted molar refractivity (Wildman–Crippen MR) is 64.5 cm³/mol. The summed E-state index contributed by atoms with van der Waals surface area (Å²) < 4.78 is 2.02. The molecule has 0 N–H and O–H groups in total. The molecule has 15 heavy (non-hydrogen) atoms. The van der Waals surface area contributed by atoms with Crippen LogP contribution in [0.5, 0.6) is 0 Å². The van der Waals surface area contributed by atoms with Gasteiger partial charge < -0.3 is 4.57 Å². The van der Waals surface area contributed by atoms with Crippen LogP contribution in [-0.2, 0) is 0 Å². The van der Waals surface area contributed by atoms with Gasteiger partial charge in [-0.1, -0.05) is 24.8 Å². The van der Waals surface area contributed by atoms with Crippen LogP contribution in [0.2, 0.25) is 0 Å². The van der Waals surface area contributed by atoms with E-state index in [9.17, 15) is 0 Å². The van der Waals surface area contributed by atoms with E-state index in [1.165, 1.54) is 5.39 Å². The second kappa shape index (κ2) is 3.73. The highest BCUT2D eigenvalue weighted by Crippen LogP contribution is 2.12. The van der Waals surface area contributed by atoms with Crippen molar-refractivity contribution >= 4 is 17.1 Å². The van der Waals surface area contributed by atoms with Crippen molar-refractivity contribution < 1.29 is 0 Å². The molecule has 0 bridgehead atoms. The van der Waals surface area contributed by atoms with Crippen molar-refractivity contribution in [3.63, 3.8) is 0 Å². The van der Waals surface area contributed by atoms with Crippen molar-refractivity contribution in [2.24, 2.45) is 4.99 Å². The molecule has 1 aromatic carbocycles. The van der Waals surface area contributed by atoms with Gasteiger partial charge >= 0.3 is 0 Å². The van der Waals surface area contributed by atoms with Crippen LogP contribution in [0.3, 0.4) is 0 Å². The second-order valence-corrected chi connectivity index (χ2v) is 3.49. The monoisotopic (exact) mass is 198 g/mol. The zero-order valence-electron chi connectivity index (χ0n) is 9.07. The number of benzene rings is 1. The summed E-state index contributed by atoms with van der Waals surface area (Å²) in [5, 5.41) is 1.21. The van der Waals surface area contributed by atoms with Gasteiger partial charge in [-0.05, 0) is 30.0 Å². The molecule has 0 saturated carbocycles. The predicted octanol–water partition coefficient (Wildman–Crippen LogP) is 2.58. The quantitative estimate of drug-likeness (QED) is 0.670. The van der Waals surface area contributed by atoms with E-state index in [2.05, 4.69) is 36.7 Å². The van der Waals surface area contributed by atoms with Gasteiger partial charge in [-0.15, -0.1) is 0 Å². The lowest BCUT2D eigenvalue weighted by atomic mass is 10.1. The van der Waals surface area contributed by atoms with Crippen molar-refractivity contribution in [2.45, 2.75) is 6.92 Å². The molecule has 1 aromatic heterocycles. The Balaban J connectivity index is 3.05. The number of fused-ring (bicyclic) bond motifs is 1. The minimum absolute atomic E-state index is 0.962. The van der Waals surface area contributed by atoms with Gasteiger partial charge in [-0.3, -0.25) is 4.99 Å². The molecule has 76 valence electrons. The molecule has 0 fully saturated rings. The Bertz CT molecular complexity index is 577. The van der Waals surface area contributed by atoms with Crippen LogP contribution in [0, 0.1) is 6.92 Å². The summed E-state index contributed by atoms with van der Waals surface area (Å²) in [6.45, 7) is 5.90. The number of rotatable bonds is 1. The van der Waals surface area contributed by atoms with Crippen molar-refractivity contribution in [2.75, 3.05) is 7.05 Å². The van der Waals surface area contributed by atoms with E-state index >= 15 is 0 Å². The van der Waals surface area contributed by atoms with E-state index in [1.807, 2.05) is 16.7 Å². The van der Waals surface area contributed by atoms with E-state index < -0.39 is 0 Å². The number of aryl methyl sites for hydroxylation is 1. The van der Waals surface area contributed by atoms with Crippen LogP contribution in [0.25, 0.3) is 17.1 Å². The SMILES string of the molecule is C=Cn1c(=NC)c(C)cc2ccccc21. The fourth-order valence-electron chi connectivity index (χ4n) is 1.90. The van der Waals surface area contributed by atoms with Gasteiger partial charge in [0.05, 0.1) is 5.52 Å². The van der Waals surface area contributed by atoms with Crippen LogP contribution in [0.4, 0.5) is 0 Å². The first-order valence-electron chi connectivity index (χ1n) is 4.94. The van der Waals surface area contributed by atoms with Gasteiger partial charge in [0, 0.05) is 13.2 Å². The molecule has 0 aliphatic heterocycles. The van der Waals surface area contributed by atoms with E-state index in [0.29, 0.717) is 0 Å². The number of para-hydroxylation sites is 1. The molecule has 2 heteroatoms. The number of aromatic nitrogens is 1. The van der Waals surface area contributed by atoms with Gasteiger partial charge in [0.15, 0.2) is 0 Å². The van der Waals surface area contributed by atoms with Crippen LogP contribution in [-0.4, -0.2) is 11.6 Å². The van der Waals surface area contributed by atoms with Gasteiger partial charge in [0.25, 0.3) is 0 Å². The Labute approximate surface area is 89.2 Å². The van der Waals surface area contributed by atoms with Crippen LogP contribution >= 0.6 is 0 Å². The fourth-order valence-corrected chi connectivity index (χ4v) is 1.90. The molecule has 0 amide bonds. The maximum atomic E-state index is 4.28. The topological polar surface area (TPSA) is 17.3 Å². The van der Waals surface area contributed by atoms with E-state index in [4.69, 9.17) is 0 Å². The van der Waals surface area contributed by atoms with E-state index in [0.717, 1.165) is 16.6 Å². The third-order valence-corrected chi connectivity index (χ3v) is 2.54. The van der Waals surface area contributed by atoms with Crippen molar-refractivity contribution in [1.82, 2.24) is 4.57 Å². The van der Waals surface area contributed by atoms with Gasteiger partial charge in [-0.25, -0.2) is 0 Å². The summed E-state index contributed by atoms with van der Waals surface area (Å²) in [4.78, 5) is 4.28. The molecule has 0 aliphatic carbocycles. The maximum Gasteiger partial charge on any atom is 0.134 e. The Morgan fingerprint density at radius 3 is 2.73 bits per heavy atom. The van der Waals surface area contributed by atoms with Crippen LogP contribution < -0.4 is 5.49 Å². The highest BCUT2D eigenvalue weighted by molar-refractivity contribution is 5.81. The molecule has 0 unspecified atom stereocenters. The standard InChI is InChI=1S/C13H14N2/c1-4-15-12-8-6-5-7-11(12)9-10(2)13(15)14-3/h4-9H,1H2,2-3H3. The molecular weight excluding hydrogens is 184 g/mol. The van der Waals surface area contributed by atoms with Gasteiger partial charge in [-0.2, -0.15) is 0 Å². The number of hydrogen-bond donors (Lipinski definition) is 0. The Hall–Kier alpha value is -1.83. The molecule has 0 saturated heterocycles. The average molecular weight is 198 g/mol. The molecule has 0 radical (unpaired) electrons. The normalized spacial score (nSPS) is 12.0. The zero-order chi connectivity index (χ0) is 10.8. The Kier molecular flexibility index (Phi) is 2.42. The molecule has 0 atom stereocenters. The molecule has 1 heterocycles. The van der Waals surface area contributed by atoms with Crippen molar-refractivity contribution in [3.05, 3.63) is 48.0 Å². The van der Waals surface area contributed by atoms with E-state index in [-0.39, 0.29) is 0 Å². The molecule has 2 nitrogen and oxygen atoms in total. The third-order valence-electron chi connectivity index (χ3n) is 2.54. The minimum Gasteiger partial charge on any atom is -0.302 e. The van der Waals surface area contributed by atoms with Crippen molar-refractivity contribution in [1.29, 1.82) is 0 Å². The van der Waals surface area contributed by atoms with E-state index in [1.54, 1.807) is 13.2 Å². The summed E-state index contributed by atoms with van der Waals surface area (Å²) in [6, 6.07) is 10.4. The largest absolute Gasteiger partial charge is 0.302 e.